The fraction of sp³-hybridized carbons (Fsp3) is 0.769. The maximum absolute atomic E-state index is 12.6. The molecule has 0 aromatic carbocycles. The van der Waals surface area contributed by atoms with Crippen molar-refractivity contribution in [3.05, 3.63) is 11.4 Å². The van der Waals surface area contributed by atoms with Gasteiger partial charge in [-0.2, -0.15) is 5.10 Å². The fourth-order valence-corrected chi connectivity index (χ4v) is 4.47. The topological polar surface area (TPSA) is 86.9 Å². The van der Waals surface area contributed by atoms with Crippen LogP contribution in [0.1, 0.15) is 49.9 Å². The van der Waals surface area contributed by atoms with Gasteiger partial charge in [0, 0.05) is 18.6 Å². The van der Waals surface area contributed by atoms with E-state index in [0.29, 0.717) is 28.9 Å². The molecule has 2 saturated carbocycles. The predicted octanol–water partition coefficient (Wildman–Crippen LogP) is 1.19. The van der Waals surface area contributed by atoms with Crippen LogP contribution in [0.3, 0.4) is 0 Å². The summed E-state index contributed by atoms with van der Waals surface area (Å²) in [5, 5.41) is 10.3. The van der Waals surface area contributed by atoms with Crippen LogP contribution in [0.25, 0.3) is 0 Å². The minimum absolute atomic E-state index is 0.0820. The standard InChI is InChI=1S/C13H22N4O2S/c1-9-13(12(16-15-9)8-14-10-6-7-10)20(18,19)17-11-4-2-3-5-11/h10-11,14,17H,2-8H2,1H3,(H,15,16). The number of sulfonamides is 1. The highest BCUT2D eigenvalue weighted by molar-refractivity contribution is 7.89. The summed E-state index contributed by atoms with van der Waals surface area (Å²) in [5.74, 6) is 0. The van der Waals surface area contributed by atoms with Gasteiger partial charge in [0.15, 0.2) is 0 Å². The molecule has 1 heterocycles. The van der Waals surface area contributed by atoms with E-state index < -0.39 is 10.0 Å². The van der Waals surface area contributed by atoms with Crippen LogP contribution >= 0.6 is 0 Å². The number of aromatic nitrogens is 2. The number of nitrogens with one attached hydrogen (secondary N) is 3. The molecule has 0 amide bonds. The average Bonchev–Trinajstić information content (AvgIpc) is 2.94. The highest BCUT2D eigenvalue weighted by Crippen LogP contribution is 2.24. The molecule has 6 nitrogen and oxygen atoms in total. The van der Waals surface area contributed by atoms with E-state index in [2.05, 4.69) is 20.2 Å². The van der Waals surface area contributed by atoms with Crippen molar-refractivity contribution in [2.45, 2.75) is 69.0 Å². The molecule has 2 aliphatic carbocycles. The molecule has 0 radical (unpaired) electrons. The molecule has 0 atom stereocenters. The number of aryl methyl sites for hydroxylation is 1. The van der Waals surface area contributed by atoms with Gasteiger partial charge in [0.1, 0.15) is 4.90 Å². The molecule has 2 aliphatic rings. The van der Waals surface area contributed by atoms with Crippen molar-refractivity contribution in [2.24, 2.45) is 0 Å². The minimum Gasteiger partial charge on any atom is -0.308 e. The van der Waals surface area contributed by atoms with E-state index in [1.807, 2.05) is 0 Å². The molecule has 0 saturated heterocycles. The van der Waals surface area contributed by atoms with Crippen LogP contribution in [-0.2, 0) is 16.6 Å². The monoisotopic (exact) mass is 298 g/mol. The molecule has 112 valence electrons. The Morgan fingerprint density at radius 3 is 2.55 bits per heavy atom. The van der Waals surface area contributed by atoms with E-state index in [1.165, 1.54) is 12.8 Å². The summed E-state index contributed by atoms with van der Waals surface area (Å²) in [7, 11) is -3.47. The Morgan fingerprint density at radius 2 is 1.90 bits per heavy atom. The second kappa shape index (κ2) is 5.46. The zero-order valence-electron chi connectivity index (χ0n) is 11.8. The van der Waals surface area contributed by atoms with Crippen molar-refractivity contribution in [3.8, 4) is 0 Å². The largest absolute Gasteiger partial charge is 0.308 e. The molecule has 3 N–H and O–H groups in total. The lowest BCUT2D eigenvalue weighted by Crippen LogP contribution is -2.33. The Bertz CT molecular complexity index is 571. The van der Waals surface area contributed by atoms with E-state index in [0.717, 1.165) is 25.7 Å². The molecule has 20 heavy (non-hydrogen) atoms. The molecule has 2 fully saturated rings. The van der Waals surface area contributed by atoms with Crippen LogP contribution in [0.2, 0.25) is 0 Å². The van der Waals surface area contributed by atoms with Gasteiger partial charge < -0.3 is 5.32 Å². The van der Waals surface area contributed by atoms with E-state index in [9.17, 15) is 8.42 Å². The van der Waals surface area contributed by atoms with E-state index in [4.69, 9.17) is 0 Å². The zero-order valence-corrected chi connectivity index (χ0v) is 12.6. The van der Waals surface area contributed by atoms with Crippen molar-refractivity contribution in [2.75, 3.05) is 0 Å². The summed E-state index contributed by atoms with van der Waals surface area (Å²) in [6, 6.07) is 0.615. The minimum atomic E-state index is -3.47. The normalized spacial score (nSPS) is 20.6. The molecule has 0 aliphatic heterocycles. The first-order chi connectivity index (χ1) is 9.56. The second-order valence-electron chi connectivity index (χ2n) is 5.88. The summed E-state index contributed by atoms with van der Waals surface area (Å²) in [6.45, 7) is 2.27. The molecule has 0 unspecified atom stereocenters. The van der Waals surface area contributed by atoms with Crippen molar-refractivity contribution >= 4 is 10.0 Å². The first kappa shape index (κ1) is 14.0. The summed E-state index contributed by atoms with van der Waals surface area (Å²) in [6.07, 6.45) is 6.43. The van der Waals surface area contributed by atoms with Crippen LogP contribution in [-0.4, -0.2) is 30.7 Å². The third kappa shape index (κ3) is 3.05. The van der Waals surface area contributed by atoms with E-state index in [-0.39, 0.29) is 6.04 Å². The van der Waals surface area contributed by atoms with Crippen molar-refractivity contribution < 1.29 is 8.42 Å². The van der Waals surface area contributed by atoms with Gasteiger partial charge in [-0.1, -0.05) is 12.8 Å². The lowest BCUT2D eigenvalue weighted by Gasteiger charge is -2.13. The highest BCUT2D eigenvalue weighted by Gasteiger charge is 2.29. The third-order valence-corrected chi connectivity index (χ3v) is 5.77. The summed E-state index contributed by atoms with van der Waals surface area (Å²) < 4.78 is 27.9. The van der Waals surface area contributed by atoms with Gasteiger partial charge in [-0.25, -0.2) is 13.1 Å². The van der Waals surface area contributed by atoms with E-state index >= 15 is 0 Å². The Morgan fingerprint density at radius 1 is 1.20 bits per heavy atom. The Balaban J connectivity index is 1.77. The summed E-state index contributed by atoms with van der Waals surface area (Å²) >= 11 is 0. The Hall–Kier alpha value is -0.920. The maximum atomic E-state index is 12.6. The lowest BCUT2D eigenvalue weighted by atomic mass is 10.3. The molecule has 7 heteroatoms. The first-order valence-electron chi connectivity index (χ1n) is 7.36. The molecule has 0 bridgehead atoms. The van der Waals surface area contributed by atoms with Gasteiger partial charge in [-0.15, -0.1) is 0 Å². The van der Waals surface area contributed by atoms with Crippen molar-refractivity contribution in [1.29, 1.82) is 0 Å². The molecule has 3 rings (SSSR count). The van der Waals surface area contributed by atoms with Gasteiger partial charge in [0.05, 0.1) is 11.4 Å². The molecule has 1 aromatic heterocycles. The zero-order chi connectivity index (χ0) is 14.2. The number of aromatic amines is 1. The molecule has 1 aromatic rings. The number of hydrogen-bond donors (Lipinski definition) is 3. The molecule has 0 spiro atoms. The second-order valence-corrected chi connectivity index (χ2v) is 7.53. The quantitative estimate of drug-likeness (QED) is 0.736. The van der Waals surface area contributed by atoms with Crippen LogP contribution in [0, 0.1) is 6.92 Å². The number of hydrogen-bond acceptors (Lipinski definition) is 4. The predicted molar refractivity (Wildman–Crippen MR) is 75.8 cm³/mol. The number of H-pyrrole nitrogens is 1. The first-order valence-corrected chi connectivity index (χ1v) is 8.84. The third-order valence-electron chi connectivity index (χ3n) is 4.04. The van der Waals surface area contributed by atoms with Gasteiger partial charge >= 0.3 is 0 Å². The van der Waals surface area contributed by atoms with Crippen molar-refractivity contribution in [3.63, 3.8) is 0 Å². The number of rotatable bonds is 6. The SMILES string of the molecule is Cc1[nH]nc(CNC2CC2)c1S(=O)(=O)NC1CCCC1. The van der Waals surface area contributed by atoms with Crippen LogP contribution < -0.4 is 10.0 Å². The Kier molecular flexibility index (Phi) is 3.83. The highest BCUT2D eigenvalue weighted by atomic mass is 32.2. The van der Waals surface area contributed by atoms with Crippen molar-refractivity contribution in [1.82, 2.24) is 20.2 Å². The molecular formula is C13H22N4O2S. The van der Waals surface area contributed by atoms with Gasteiger partial charge in [0.25, 0.3) is 0 Å². The van der Waals surface area contributed by atoms with Gasteiger partial charge in [0.2, 0.25) is 10.0 Å². The van der Waals surface area contributed by atoms with Crippen LogP contribution in [0.4, 0.5) is 0 Å². The average molecular weight is 298 g/mol. The fourth-order valence-electron chi connectivity index (χ4n) is 2.80. The number of nitrogens with zero attached hydrogens (tertiary/aromatic N) is 1. The summed E-state index contributed by atoms with van der Waals surface area (Å²) in [4.78, 5) is 0.331. The van der Waals surface area contributed by atoms with Gasteiger partial charge in [-0.05, 0) is 32.6 Å². The lowest BCUT2D eigenvalue weighted by molar-refractivity contribution is 0.549. The summed E-state index contributed by atoms with van der Waals surface area (Å²) in [5.41, 5.74) is 1.21. The maximum Gasteiger partial charge on any atom is 0.244 e. The van der Waals surface area contributed by atoms with Crippen LogP contribution in [0.5, 0.6) is 0 Å². The smallest absolute Gasteiger partial charge is 0.244 e. The van der Waals surface area contributed by atoms with E-state index in [1.54, 1.807) is 6.92 Å². The van der Waals surface area contributed by atoms with Crippen LogP contribution in [0.15, 0.2) is 4.90 Å². The molecular weight excluding hydrogens is 276 g/mol. The van der Waals surface area contributed by atoms with Gasteiger partial charge in [-0.3, -0.25) is 5.10 Å². The Labute approximate surface area is 119 Å².